The molecule has 16 heavy (non-hydrogen) atoms. The van der Waals surface area contributed by atoms with Crippen LogP contribution in [0.2, 0.25) is 0 Å². The number of carboxylic acid groups (broad SMARTS) is 1. The van der Waals surface area contributed by atoms with Crippen molar-refractivity contribution in [1.82, 2.24) is 5.32 Å². The molecule has 1 amide bonds. The Balaban J connectivity index is 2.49. The zero-order valence-corrected chi connectivity index (χ0v) is 9.49. The van der Waals surface area contributed by atoms with Gasteiger partial charge in [0.25, 0.3) is 0 Å². The zero-order valence-electron chi connectivity index (χ0n) is 9.49. The molecule has 6 nitrogen and oxygen atoms in total. The summed E-state index contributed by atoms with van der Waals surface area (Å²) in [5.41, 5.74) is -1.28. The highest BCUT2D eigenvalue weighted by Crippen LogP contribution is 2.18. The Morgan fingerprint density at radius 3 is 2.69 bits per heavy atom. The molecular weight excluding hydrogens is 214 g/mol. The van der Waals surface area contributed by atoms with Gasteiger partial charge in [0, 0.05) is 13.0 Å². The molecule has 0 aromatic heterocycles. The fourth-order valence-electron chi connectivity index (χ4n) is 1.43. The summed E-state index contributed by atoms with van der Waals surface area (Å²) in [5, 5.41) is 11.5. The molecule has 0 aromatic carbocycles. The summed E-state index contributed by atoms with van der Waals surface area (Å²) in [7, 11) is 0. The third-order valence-electron chi connectivity index (χ3n) is 2.36. The van der Waals surface area contributed by atoms with E-state index in [0.717, 1.165) is 0 Å². The Hall–Kier alpha value is -1.14. The molecule has 1 fully saturated rings. The summed E-state index contributed by atoms with van der Waals surface area (Å²) in [6, 6.07) is 0. The lowest BCUT2D eigenvalue weighted by Gasteiger charge is -2.23. The molecule has 92 valence electrons. The monoisotopic (exact) mass is 231 g/mol. The van der Waals surface area contributed by atoms with Crippen molar-refractivity contribution in [3.05, 3.63) is 0 Å². The fraction of sp³-hybridized carbons (Fsp3) is 0.800. The molecule has 0 spiro atoms. The van der Waals surface area contributed by atoms with Crippen molar-refractivity contribution in [3.63, 3.8) is 0 Å². The topological polar surface area (TPSA) is 84.9 Å². The first-order valence-electron chi connectivity index (χ1n) is 5.20. The number of ether oxygens (including phenoxy) is 2. The summed E-state index contributed by atoms with van der Waals surface area (Å²) in [5.74, 6) is -1.50. The maximum Gasteiger partial charge on any atom is 0.331 e. The van der Waals surface area contributed by atoms with Crippen LogP contribution in [0, 0.1) is 0 Å². The summed E-state index contributed by atoms with van der Waals surface area (Å²) in [6.07, 6.45) is 0.224. The van der Waals surface area contributed by atoms with Crippen molar-refractivity contribution >= 4 is 11.9 Å². The molecule has 0 radical (unpaired) electrons. The van der Waals surface area contributed by atoms with Crippen LogP contribution in [0.3, 0.4) is 0 Å². The van der Waals surface area contributed by atoms with E-state index in [0.29, 0.717) is 6.61 Å². The first-order valence-corrected chi connectivity index (χ1v) is 5.20. The number of aliphatic carboxylic acids is 1. The van der Waals surface area contributed by atoms with Crippen LogP contribution in [-0.4, -0.2) is 48.4 Å². The van der Waals surface area contributed by atoms with Gasteiger partial charge in [0.1, 0.15) is 6.61 Å². The molecule has 1 unspecified atom stereocenters. The Morgan fingerprint density at radius 2 is 2.25 bits per heavy atom. The van der Waals surface area contributed by atoms with E-state index in [-0.39, 0.29) is 25.7 Å². The highest BCUT2D eigenvalue weighted by Gasteiger charge is 2.43. The number of hydrogen-bond donors (Lipinski definition) is 2. The second-order valence-electron chi connectivity index (χ2n) is 4.10. The summed E-state index contributed by atoms with van der Waals surface area (Å²) >= 11 is 0. The number of nitrogens with one attached hydrogen (secondary N) is 1. The molecule has 0 aromatic rings. The normalized spacial score (nSPS) is 24.7. The highest BCUT2D eigenvalue weighted by molar-refractivity contribution is 5.87. The molecule has 1 aliphatic heterocycles. The lowest BCUT2D eigenvalue weighted by Crippen LogP contribution is -2.56. The number of hydrogen-bond acceptors (Lipinski definition) is 4. The second-order valence-corrected chi connectivity index (χ2v) is 4.10. The van der Waals surface area contributed by atoms with Crippen LogP contribution in [0.4, 0.5) is 0 Å². The molecule has 0 aliphatic carbocycles. The van der Waals surface area contributed by atoms with Gasteiger partial charge < -0.3 is 19.9 Å². The SMILES string of the molecule is CC(C)OCC(=O)NC1(C(=O)O)CCOC1. The van der Waals surface area contributed by atoms with E-state index in [4.69, 9.17) is 14.6 Å². The average Bonchev–Trinajstić information content (AvgIpc) is 2.64. The highest BCUT2D eigenvalue weighted by atomic mass is 16.5. The maximum atomic E-state index is 11.5. The quantitative estimate of drug-likeness (QED) is 0.682. The van der Waals surface area contributed by atoms with Crippen molar-refractivity contribution in [2.24, 2.45) is 0 Å². The number of rotatable bonds is 5. The number of carbonyl (C=O) groups is 2. The zero-order chi connectivity index (χ0) is 12.2. The van der Waals surface area contributed by atoms with E-state index >= 15 is 0 Å². The van der Waals surface area contributed by atoms with E-state index in [1.54, 1.807) is 13.8 Å². The molecule has 1 rings (SSSR count). The minimum atomic E-state index is -1.28. The first-order chi connectivity index (χ1) is 7.46. The average molecular weight is 231 g/mol. The molecular formula is C10H17NO5. The van der Waals surface area contributed by atoms with Gasteiger partial charge in [-0.05, 0) is 13.8 Å². The molecule has 1 heterocycles. The van der Waals surface area contributed by atoms with Gasteiger partial charge in [-0.15, -0.1) is 0 Å². The van der Waals surface area contributed by atoms with Crippen molar-refractivity contribution in [2.75, 3.05) is 19.8 Å². The first kappa shape index (κ1) is 12.9. The Morgan fingerprint density at radius 1 is 1.56 bits per heavy atom. The van der Waals surface area contributed by atoms with E-state index in [9.17, 15) is 9.59 Å². The van der Waals surface area contributed by atoms with Crippen molar-refractivity contribution in [1.29, 1.82) is 0 Å². The van der Waals surface area contributed by atoms with Gasteiger partial charge in [-0.3, -0.25) is 4.79 Å². The van der Waals surface area contributed by atoms with E-state index in [1.807, 2.05) is 0 Å². The van der Waals surface area contributed by atoms with Gasteiger partial charge in [0.05, 0.1) is 12.7 Å². The number of amides is 1. The van der Waals surface area contributed by atoms with E-state index in [2.05, 4.69) is 5.32 Å². The number of carbonyl (C=O) groups excluding carboxylic acids is 1. The molecule has 1 saturated heterocycles. The number of carboxylic acids is 1. The van der Waals surface area contributed by atoms with E-state index < -0.39 is 17.4 Å². The van der Waals surface area contributed by atoms with Crippen molar-refractivity contribution < 1.29 is 24.2 Å². The maximum absolute atomic E-state index is 11.5. The van der Waals surface area contributed by atoms with Gasteiger partial charge in [-0.25, -0.2) is 4.79 Å². The van der Waals surface area contributed by atoms with Crippen LogP contribution < -0.4 is 5.32 Å². The van der Waals surface area contributed by atoms with Gasteiger partial charge in [0.2, 0.25) is 5.91 Å². The smallest absolute Gasteiger partial charge is 0.331 e. The Kier molecular flexibility index (Phi) is 4.26. The molecule has 0 bridgehead atoms. The Labute approximate surface area is 93.9 Å². The molecule has 1 aliphatic rings. The van der Waals surface area contributed by atoms with Gasteiger partial charge >= 0.3 is 5.97 Å². The predicted molar refractivity (Wildman–Crippen MR) is 55.0 cm³/mol. The molecule has 6 heteroatoms. The van der Waals surface area contributed by atoms with Crippen molar-refractivity contribution in [2.45, 2.75) is 31.9 Å². The predicted octanol–water partition coefficient (Wildman–Crippen LogP) is -0.229. The minimum Gasteiger partial charge on any atom is -0.479 e. The molecule has 2 N–H and O–H groups in total. The van der Waals surface area contributed by atoms with Crippen LogP contribution in [0.5, 0.6) is 0 Å². The van der Waals surface area contributed by atoms with E-state index in [1.165, 1.54) is 0 Å². The van der Waals surface area contributed by atoms with Gasteiger partial charge in [0.15, 0.2) is 5.54 Å². The minimum absolute atomic E-state index is 0.00967. The third-order valence-corrected chi connectivity index (χ3v) is 2.36. The van der Waals surface area contributed by atoms with Gasteiger partial charge in [-0.2, -0.15) is 0 Å². The van der Waals surface area contributed by atoms with Crippen LogP contribution in [0.15, 0.2) is 0 Å². The third kappa shape index (κ3) is 3.18. The van der Waals surface area contributed by atoms with Crippen molar-refractivity contribution in [3.8, 4) is 0 Å². The summed E-state index contributed by atoms with van der Waals surface area (Å²) in [4.78, 5) is 22.5. The fourth-order valence-corrected chi connectivity index (χ4v) is 1.43. The molecule has 0 saturated carbocycles. The van der Waals surface area contributed by atoms with Gasteiger partial charge in [-0.1, -0.05) is 0 Å². The lowest BCUT2D eigenvalue weighted by atomic mass is 9.99. The molecule has 1 atom stereocenters. The lowest BCUT2D eigenvalue weighted by molar-refractivity contribution is -0.148. The largest absolute Gasteiger partial charge is 0.479 e. The standard InChI is InChI=1S/C10H17NO5/c1-7(2)16-5-8(12)11-10(9(13)14)3-4-15-6-10/h7H,3-6H2,1-2H3,(H,11,12)(H,13,14). The summed E-state index contributed by atoms with van der Waals surface area (Å²) < 4.78 is 10.1. The van der Waals surface area contributed by atoms with Crippen LogP contribution in [-0.2, 0) is 19.1 Å². The second kappa shape index (κ2) is 5.27. The summed E-state index contributed by atoms with van der Waals surface area (Å²) in [6.45, 7) is 3.83. The van der Waals surface area contributed by atoms with Crippen LogP contribution >= 0.6 is 0 Å². The Bertz CT molecular complexity index is 270. The van der Waals surface area contributed by atoms with Crippen LogP contribution in [0.25, 0.3) is 0 Å². The van der Waals surface area contributed by atoms with Crippen LogP contribution in [0.1, 0.15) is 20.3 Å².